The number of amides is 2. The van der Waals surface area contributed by atoms with Gasteiger partial charge in [-0.15, -0.1) is 0 Å². The van der Waals surface area contributed by atoms with Gasteiger partial charge >= 0.3 is 0 Å². The van der Waals surface area contributed by atoms with Gasteiger partial charge in [0.25, 0.3) is 11.8 Å². The molecule has 0 radical (unpaired) electrons. The first kappa shape index (κ1) is 30.5. The van der Waals surface area contributed by atoms with Crippen molar-refractivity contribution in [1.82, 2.24) is 20.6 Å². The van der Waals surface area contributed by atoms with Crippen LogP contribution in [0.4, 0.5) is 0 Å². The van der Waals surface area contributed by atoms with Gasteiger partial charge < -0.3 is 31.0 Å². The molecule has 210 valence electrons. The van der Waals surface area contributed by atoms with E-state index >= 15 is 0 Å². The highest BCUT2D eigenvalue weighted by atomic mass is 127. The normalized spacial score (nSPS) is 12.2. The van der Waals surface area contributed by atoms with E-state index in [-0.39, 0.29) is 24.3 Å². The lowest BCUT2D eigenvalue weighted by molar-refractivity contribution is -0.115. The lowest BCUT2D eigenvalue weighted by atomic mass is 10.1. The Balaban J connectivity index is 1.12. The molecule has 2 heterocycles. The van der Waals surface area contributed by atoms with Crippen LogP contribution in [0.3, 0.4) is 0 Å². The van der Waals surface area contributed by atoms with Crippen molar-refractivity contribution >= 4 is 112 Å². The molecule has 2 aromatic carbocycles. The van der Waals surface area contributed by atoms with Crippen LogP contribution in [0.5, 0.6) is 0 Å². The molecule has 0 fully saturated rings. The van der Waals surface area contributed by atoms with Gasteiger partial charge in [0.1, 0.15) is 11.4 Å². The number of carbonyl (C=O) groups excluding carboxylic acids is 2. The van der Waals surface area contributed by atoms with E-state index in [1.54, 1.807) is 21.6 Å². The number of nitrogens with zero attached hydrogens (tertiary/aromatic N) is 2. The maximum atomic E-state index is 12.5. The van der Waals surface area contributed by atoms with Gasteiger partial charge in [-0.3, -0.25) is 9.59 Å². The second-order valence-corrected chi connectivity index (χ2v) is 13.8. The number of hydrogen-bond donors (Lipinski definition) is 6. The maximum absolute atomic E-state index is 12.5. The van der Waals surface area contributed by atoms with E-state index in [2.05, 4.69) is 76.1 Å². The highest BCUT2D eigenvalue weighted by molar-refractivity contribution is 14.1. The van der Waals surface area contributed by atoms with Gasteiger partial charge in [-0.2, -0.15) is 0 Å². The van der Waals surface area contributed by atoms with Gasteiger partial charge in [0.05, 0.1) is 0 Å². The fourth-order valence-corrected chi connectivity index (χ4v) is 6.81. The average Bonchev–Trinajstić information content (AvgIpc) is 3.54. The molecular formula is C26H26I2N6O4S2. The molecule has 0 spiro atoms. The zero-order chi connectivity index (χ0) is 28.5. The van der Waals surface area contributed by atoms with Crippen LogP contribution in [0.15, 0.2) is 59.1 Å². The predicted octanol–water partition coefficient (Wildman–Crippen LogP) is 4.92. The molecule has 0 aliphatic heterocycles. The molecule has 0 aliphatic rings. The molecule has 2 aromatic heterocycles. The van der Waals surface area contributed by atoms with Gasteiger partial charge in [0, 0.05) is 78.8 Å². The van der Waals surface area contributed by atoms with Crippen molar-refractivity contribution in [3.05, 3.63) is 67.1 Å². The third-order valence-corrected chi connectivity index (χ3v) is 9.72. The monoisotopic (exact) mass is 804 g/mol. The van der Waals surface area contributed by atoms with Crippen LogP contribution in [-0.4, -0.2) is 68.2 Å². The second-order valence-electron chi connectivity index (χ2n) is 8.61. The Hall–Kier alpha value is -2.44. The number of benzene rings is 2. The van der Waals surface area contributed by atoms with Gasteiger partial charge in [-0.1, -0.05) is 31.9 Å². The summed E-state index contributed by atoms with van der Waals surface area (Å²) in [6.45, 7) is 0.803. The fraction of sp³-hybridized carbons (Fsp3) is 0.231. The van der Waals surface area contributed by atoms with Crippen LogP contribution in [0, 0.1) is 7.14 Å². The third kappa shape index (κ3) is 8.07. The van der Waals surface area contributed by atoms with Crippen molar-refractivity contribution in [3.8, 4) is 0 Å². The van der Waals surface area contributed by atoms with Crippen molar-refractivity contribution in [2.75, 3.05) is 24.6 Å². The number of H-pyrrole nitrogens is 2. The van der Waals surface area contributed by atoms with E-state index in [9.17, 15) is 20.0 Å². The SMILES string of the molecule is O=C(NCCSSCCNC(=O)/C(Cc1c[nH]c2ccc(I)cc12)=N/O)/C(Cc1c[nH]c2ccc(I)cc12)=N/O. The van der Waals surface area contributed by atoms with E-state index < -0.39 is 11.8 Å². The first-order valence-electron chi connectivity index (χ1n) is 12.1. The summed E-state index contributed by atoms with van der Waals surface area (Å²) in [5, 5.41) is 32.8. The van der Waals surface area contributed by atoms with E-state index in [0.717, 1.165) is 40.1 Å². The predicted molar refractivity (Wildman–Crippen MR) is 179 cm³/mol. The molecule has 0 bridgehead atoms. The highest BCUT2D eigenvalue weighted by Gasteiger charge is 2.17. The molecular weight excluding hydrogens is 778 g/mol. The minimum absolute atomic E-state index is 0.0452. The van der Waals surface area contributed by atoms with Crippen molar-refractivity contribution in [3.63, 3.8) is 0 Å². The maximum Gasteiger partial charge on any atom is 0.269 e. The van der Waals surface area contributed by atoms with Gasteiger partial charge in [-0.05, 0) is 92.7 Å². The first-order chi connectivity index (χ1) is 19.4. The third-order valence-electron chi connectivity index (χ3n) is 5.97. The van der Waals surface area contributed by atoms with E-state index in [4.69, 9.17) is 0 Å². The second kappa shape index (κ2) is 15.0. The molecule has 14 heteroatoms. The molecule has 0 atom stereocenters. The summed E-state index contributed by atoms with van der Waals surface area (Å²) in [4.78, 5) is 31.3. The highest BCUT2D eigenvalue weighted by Crippen LogP contribution is 2.23. The standard InChI is InChI=1S/C26H26I2N6O4S2/c27-17-1-3-21-19(11-17)15(13-31-21)9-23(33-37)25(35)29-5-7-39-40-8-6-30-26(36)24(34-38)10-16-14-32-22-4-2-18(28)12-20(16)22/h1-4,11-14,31-32,37-38H,5-10H2,(H,29,35)(H,30,36)/b33-23+,34-24+. The molecule has 0 saturated heterocycles. The molecule has 2 amide bonds. The van der Waals surface area contributed by atoms with Crippen LogP contribution in [0.1, 0.15) is 11.1 Å². The van der Waals surface area contributed by atoms with Crippen molar-refractivity contribution in [2.24, 2.45) is 10.3 Å². The summed E-state index contributed by atoms with van der Waals surface area (Å²) in [5.41, 5.74) is 3.78. The van der Waals surface area contributed by atoms with Crippen LogP contribution in [0.25, 0.3) is 21.8 Å². The lowest BCUT2D eigenvalue weighted by Crippen LogP contribution is -2.34. The number of fused-ring (bicyclic) bond motifs is 2. The largest absolute Gasteiger partial charge is 0.410 e. The number of aromatic nitrogens is 2. The number of halogens is 2. The van der Waals surface area contributed by atoms with Crippen molar-refractivity contribution in [2.45, 2.75) is 12.8 Å². The molecule has 40 heavy (non-hydrogen) atoms. The Labute approximate surface area is 265 Å². The summed E-state index contributed by atoms with van der Waals surface area (Å²) in [7, 11) is 3.11. The zero-order valence-corrected chi connectivity index (χ0v) is 27.0. The molecule has 0 unspecified atom stereocenters. The smallest absolute Gasteiger partial charge is 0.269 e. The van der Waals surface area contributed by atoms with Crippen LogP contribution in [-0.2, 0) is 22.4 Å². The summed E-state index contributed by atoms with van der Waals surface area (Å²) in [5.74, 6) is 0.441. The van der Waals surface area contributed by atoms with Crippen LogP contribution >= 0.6 is 66.8 Å². The topological polar surface area (TPSA) is 155 Å². The van der Waals surface area contributed by atoms with Crippen molar-refractivity contribution < 1.29 is 20.0 Å². The number of nitrogens with one attached hydrogen (secondary N) is 4. The summed E-state index contributed by atoms with van der Waals surface area (Å²) in [6, 6.07) is 12.0. The van der Waals surface area contributed by atoms with Gasteiger partial charge in [0.2, 0.25) is 0 Å². The van der Waals surface area contributed by atoms with E-state index in [1.165, 1.54) is 0 Å². The fourth-order valence-electron chi connectivity index (χ4n) is 4.01. The summed E-state index contributed by atoms with van der Waals surface area (Å²) in [6.07, 6.45) is 4.07. The Bertz CT molecular complexity index is 1450. The summed E-state index contributed by atoms with van der Waals surface area (Å²) < 4.78 is 2.16. The van der Waals surface area contributed by atoms with Crippen LogP contribution in [0.2, 0.25) is 0 Å². The lowest BCUT2D eigenvalue weighted by Gasteiger charge is -2.08. The minimum atomic E-state index is -0.416. The molecule has 4 aromatic rings. The number of aromatic amines is 2. The van der Waals surface area contributed by atoms with Gasteiger partial charge in [0.15, 0.2) is 0 Å². The number of carbonyl (C=O) groups is 2. The minimum Gasteiger partial charge on any atom is -0.410 e. The first-order valence-corrected chi connectivity index (χ1v) is 16.8. The Morgan fingerprint density at radius 1 is 0.750 bits per heavy atom. The van der Waals surface area contributed by atoms with E-state index in [0.29, 0.717) is 24.6 Å². The van der Waals surface area contributed by atoms with Gasteiger partial charge in [-0.25, -0.2) is 0 Å². The Kier molecular flexibility index (Phi) is 11.4. The number of oxime groups is 2. The van der Waals surface area contributed by atoms with E-state index in [1.807, 2.05) is 48.8 Å². The molecule has 10 nitrogen and oxygen atoms in total. The molecule has 0 aliphatic carbocycles. The Morgan fingerprint density at radius 2 is 1.18 bits per heavy atom. The summed E-state index contributed by atoms with van der Waals surface area (Å²) >= 11 is 4.47. The van der Waals surface area contributed by atoms with Crippen molar-refractivity contribution in [1.29, 1.82) is 0 Å². The zero-order valence-electron chi connectivity index (χ0n) is 21.0. The molecule has 4 rings (SSSR count). The molecule has 0 saturated carbocycles. The Morgan fingerprint density at radius 3 is 1.57 bits per heavy atom. The van der Waals surface area contributed by atoms with Crippen LogP contribution < -0.4 is 10.6 Å². The molecule has 6 N–H and O–H groups in total. The number of hydrogen-bond acceptors (Lipinski definition) is 8. The quantitative estimate of drug-likeness (QED) is 0.0282. The number of rotatable bonds is 13. The average molecular weight is 804 g/mol.